The minimum atomic E-state index is 0.218. The van der Waals surface area contributed by atoms with Crippen LogP contribution in [0.5, 0.6) is 5.75 Å². The maximum atomic E-state index is 5.56. The summed E-state index contributed by atoms with van der Waals surface area (Å²) in [6.45, 7) is 6.30. The van der Waals surface area contributed by atoms with E-state index in [9.17, 15) is 0 Å². The van der Waals surface area contributed by atoms with E-state index in [4.69, 9.17) is 21.7 Å². The Kier molecular flexibility index (Phi) is 8.93. The highest BCUT2D eigenvalue weighted by atomic mass is 32.1. The fourth-order valence-corrected chi connectivity index (χ4v) is 3.87. The normalized spacial score (nSPS) is 15.4. The van der Waals surface area contributed by atoms with Crippen LogP contribution < -0.4 is 15.4 Å². The number of anilines is 1. The van der Waals surface area contributed by atoms with Crippen LogP contribution in [0.3, 0.4) is 0 Å². The number of methoxy groups -OCH3 is 1. The van der Waals surface area contributed by atoms with Crippen molar-refractivity contribution in [2.45, 2.75) is 32.2 Å². The Morgan fingerprint density at radius 1 is 1.10 bits per heavy atom. The molecule has 0 radical (unpaired) electrons. The molecule has 1 aliphatic rings. The zero-order valence-corrected chi connectivity index (χ0v) is 18.8. The molecule has 1 heterocycles. The molecule has 1 aliphatic heterocycles. The number of thiocarbonyl (C=S) groups is 1. The van der Waals surface area contributed by atoms with Crippen molar-refractivity contribution in [3.63, 3.8) is 0 Å². The minimum Gasteiger partial charge on any atom is -0.497 e. The number of rotatable bonds is 9. The molecule has 0 aliphatic carbocycles. The van der Waals surface area contributed by atoms with Gasteiger partial charge in [-0.15, -0.1) is 0 Å². The van der Waals surface area contributed by atoms with Crippen molar-refractivity contribution < 1.29 is 9.47 Å². The third kappa shape index (κ3) is 6.69. The number of nitrogens with one attached hydrogen (secondary N) is 2. The van der Waals surface area contributed by atoms with Crippen molar-refractivity contribution in [3.8, 4) is 5.75 Å². The first-order chi connectivity index (χ1) is 14.7. The molecule has 0 bridgehead atoms. The third-order valence-electron chi connectivity index (χ3n) is 5.47. The molecule has 3 rings (SSSR count). The average Bonchev–Trinajstić information content (AvgIpc) is 2.80. The number of hydrogen-bond acceptors (Lipinski definition) is 4. The molecule has 0 amide bonds. The summed E-state index contributed by atoms with van der Waals surface area (Å²) in [5.41, 5.74) is 3.63. The molecular weight excluding hydrogens is 394 g/mol. The summed E-state index contributed by atoms with van der Waals surface area (Å²) in [6, 6.07) is 17.1. The molecule has 30 heavy (non-hydrogen) atoms. The van der Waals surface area contributed by atoms with Crippen LogP contribution in [0.15, 0.2) is 48.5 Å². The molecule has 0 spiro atoms. The molecule has 1 unspecified atom stereocenters. The number of unbranched alkanes of at least 4 members (excludes halogenated alkanes) is 1. The molecule has 0 aromatic heterocycles. The van der Waals surface area contributed by atoms with E-state index in [1.165, 1.54) is 24.0 Å². The predicted molar refractivity (Wildman–Crippen MR) is 127 cm³/mol. The fourth-order valence-electron chi connectivity index (χ4n) is 3.67. The van der Waals surface area contributed by atoms with Crippen LogP contribution in [0.2, 0.25) is 0 Å². The number of hydrogen-bond donors (Lipinski definition) is 2. The zero-order chi connectivity index (χ0) is 21.2. The number of ether oxygens (including phenoxy) is 2. The number of benzene rings is 2. The van der Waals surface area contributed by atoms with Gasteiger partial charge in [0, 0.05) is 25.3 Å². The molecule has 0 saturated carbocycles. The topological polar surface area (TPSA) is 45.8 Å². The molecular formula is C24H33N3O2S. The summed E-state index contributed by atoms with van der Waals surface area (Å²) < 4.78 is 10.8. The zero-order valence-electron chi connectivity index (χ0n) is 18.0. The number of morpholine rings is 1. The van der Waals surface area contributed by atoms with Crippen LogP contribution in [0.1, 0.15) is 36.9 Å². The summed E-state index contributed by atoms with van der Waals surface area (Å²) >= 11 is 5.56. The molecule has 1 saturated heterocycles. The van der Waals surface area contributed by atoms with Crippen LogP contribution in [0, 0.1) is 0 Å². The van der Waals surface area contributed by atoms with Gasteiger partial charge in [-0.2, -0.15) is 0 Å². The van der Waals surface area contributed by atoms with Gasteiger partial charge in [0.25, 0.3) is 0 Å². The second kappa shape index (κ2) is 11.9. The maximum absolute atomic E-state index is 5.56. The second-order valence-electron chi connectivity index (χ2n) is 7.57. The summed E-state index contributed by atoms with van der Waals surface area (Å²) in [4.78, 5) is 2.45. The number of nitrogens with zero attached hydrogens (tertiary/aromatic N) is 1. The SMILES string of the molecule is CCCCc1ccc(NC(=S)NCC(c2ccc(OC)cc2)N2CCOCC2)cc1. The monoisotopic (exact) mass is 427 g/mol. The Morgan fingerprint density at radius 3 is 2.43 bits per heavy atom. The first kappa shape index (κ1) is 22.5. The third-order valence-corrected chi connectivity index (χ3v) is 5.72. The Morgan fingerprint density at radius 2 is 1.80 bits per heavy atom. The maximum Gasteiger partial charge on any atom is 0.170 e. The van der Waals surface area contributed by atoms with Gasteiger partial charge in [-0.25, -0.2) is 0 Å². The van der Waals surface area contributed by atoms with Crippen molar-refractivity contribution in [2.75, 3.05) is 45.3 Å². The Hall–Kier alpha value is -2.15. The number of aryl methyl sites for hydroxylation is 1. The minimum absolute atomic E-state index is 0.218. The van der Waals surface area contributed by atoms with Gasteiger partial charge >= 0.3 is 0 Å². The molecule has 5 nitrogen and oxygen atoms in total. The van der Waals surface area contributed by atoms with Gasteiger partial charge in [0.1, 0.15) is 5.75 Å². The van der Waals surface area contributed by atoms with Gasteiger partial charge in [-0.1, -0.05) is 37.6 Å². The van der Waals surface area contributed by atoms with E-state index in [0.717, 1.165) is 50.7 Å². The van der Waals surface area contributed by atoms with Crippen molar-refractivity contribution in [1.82, 2.24) is 10.2 Å². The second-order valence-corrected chi connectivity index (χ2v) is 7.98. The van der Waals surface area contributed by atoms with Gasteiger partial charge in [0.15, 0.2) is 5.11 Å². The van der Waals surface area contributed by atoms with Gasteiger partial charge in [-0.05, 0) is 60.5 Å². The van der Waals surface area contributed by atoms with Crippen LogP contribution in [-0.4, -0.2) is 50.0 Å². The van der Waals surface area contributed by atoms with Crippen LogP contribution in [0.25, 0.3) is 0 Å². The van der Waals surface area contributed by atoms with Crippen molar-refractivity contribution in [2.24, 2.45) is 0 Å². The van der Waals surface area contributed by atoms with Crippen molar-refractivity contribution >= 4 is 23.0 Å². The highest BCUT2D eigenvalue weighted by Gasteiger charge is 2.23. The Bertz CT molecular complexity index is 774. The summed E-state index contributed by atoms with van der Waals surface area (Å²) in [5.74, 6) is 0.868. The first-order valence-corrected chi connectivity index (χ1v) is 11.2. The van der Waals surface area contributed by atoms with Gasteiger partial charge < -0.3 is 20.1 Å². The van der Waals surface area contributed by atoms with E-state index < -0.39 is 0 Å². The van der Waals surface area contributed by atoms with E-state index >= 15 is 0 Å². The fraction of sp³-hybridized carbons (Fsp3) is 0.458. The smallest absolute Gasteiger partial charge is 0.170 e. The van der Waals surface area contributed by atoms with Gasteiger partial charge in [-0.3, -0.25) is 4.90 Å². The van der Waals surface area contributed by atoms with Crippen LogP contribution >= 0.6 is 12.2 Å². The highest BCUT2D eigenvalue weighted by Crippen LogP contribution is 2.23. The van der Waals surface area contributed by atoms with Crippen LogP contribution in [-0.2, 0) is 11.2 Å². The molecule has 1 atom stereocenters. The molecule has 1 fully saturated rings. The van der Waals surface area contributed by atoms with Gasteiger partial charge in [0.2, 0.25) is 0 Å². The van der Waals surface area contributed by atoms with E-state index in [1.807, 2.05) is 12.1 Å². The summed E-state index contributed by atoms with van der Waals surface area (Å²) in [7, 11) is 1.69. The van der Waals surface area contributed by atoms with Crippen molar-refractivity contribution in [1.29, 1.82) is 0 Å². The summed E-state index contributed by atoms with van der Waals surface area (Å²) in [6.07, 6.45) is 3.57. The quantitative estimate of drug-likeness (QED) is 0.579. The highest BCUT2D eigenvalue weighted by molar-refractivity contribution is 7.80. The molecule has 6 heteroatoms. The standard InChI is InChI=1S/C24H33N3O2S/c1-3-4-5-19-6-10-21(11-7-19)26-24(30)25-18-23(27-14-16-29-17-15-27)20-8-12-22(28-2)13-9-20/h6-13,23H,3-5,14-18H2,1-2H3,(H2,25,26,30). The van der Waals surface area contributed by atoms with E-state index in [2.05, 4.69) is 58.9 Å². The average molecular weight is 428 g/mol. The van der Waals surface area contributed by atoms with E-state index in [1.54, 1.807) is 7.11 Å². The molecule has 2 N–H and O–H groups in total. The summed E-state index contributed by atoms with van der Waals surface area (Å²) in [5, 5.41) is 7.36. The lowest BCUT2D eigenvalue weighted by Crippen LogP contribution is -2.44. The van der Waals surface area contributed by atoms with Crippen LogP contribution in [0.4, 0.5) is 5.69 Å². The predicted octanol–water partition coefficient (Wildman–Crippen LogP) is 4.40. The molecule has 2 aromatic carbocycles. The van der Waals surface area contributed by atoms with Gasteiger partial charge in [0.05, 0.1) is 26.4 Å². The lowest BCUT2D eigenvalue weighted by molar-refractivity contribution is 0.0170. The lowest BCUT2D eigenvalue weighted by Gasteiger charge is -2.35. The Balaban J connectivity index is 1.59. The lowest BCUT2D eigenvalue weighted by atomic mass is 10.0. The first-order valence-electron chi connectivity index (χ1n) is 10.8. The van der Waals surface area contributed by atoms with Crippen molar-refractivity contribution in [3.05, 3.63) is 59.7 Å². The molecule has 162 valence electrons. The molecule has 2 aromatic rings. The Labute approximate surface area is 185 Å². The largest absolute Gasteiger partial charge is 0.497 e. The van der Waals surface area contributed by atoms with E-state index in [-0.39, 0.29) is 6.04 Å². The van der Waals surface area contributed by atoms with E-state index in [0.29, 0.717) is 5.11 Å².